The highest BCUT2D eigenvalue weighted by molar-refractivity contribution is 5.64. The van der Waals surface area contributed by atoms with Crippen LogP contribution >= 0.6 is 0 Å². The lowest BCUT2D eigenvalue weighted by molar-refractivity contribution is -0.384. The first-order chi connectivity index (χ1) is 9.08. The molecule has 1 rings (SSSR count). The van der Waals surface area contributed by atoms with E-state index in [2.05, 4.69) is 5.32 Å². The van der Waals surface area contributed by atoms with E-state index in [0.29, 0.717) is 18.0 Å². The average molecular weight is 268 g/mol. The molecule has 0 radical (unpaired) electrons. The van der Waals surface area contributed by atoms with Crippen LogP contribution in [0.4, 0.5) is 11.4 Å². The molecule has 106 valence electrons. The zero-order chi connectivity index (χ0) is 14.3. The van der Waals surface area contributed by atoms with Crippen molar-refractivity contribution in [1.29, 1.82) is 0 Å². The fourth-order valence-corrected chi connectivity index (χ4v) is 1.71. The van der Waals surface area contributed by atoms with Gasteiger partial charge in [-0.1, -0.05) is 6.92 Å². The second-order valence-electron chi connectivity index (χ2n) is 4.50. The Balaban J connectivity index is 2.62. The van der Waals surface area contributed by atoms with Crippen LogP contribution in [-0.2, 0) is 0 Å². The molecule has 0 aliphatic rings. The number of hydrogen-bond acceptors (Lipinski definition) is 5. The minimum Gasteiger partial charge on any atom is -0.497 e. The van der Waals surface area contributed by atoms with Gasteiger partial charge in [0.15, 0.2) is 0 Å². The molecule has 1 atom stereocenters. The van der Waals surface area contributed by atoms with E-state index in [-0.39, 0.29) is 18.2 Å². The minimum absolute atomic E-state index is 0.0380. The Morgan fingerprint density at radius 3 is 2.84 bits per heavy atom. The van der Waals surface area contributed by atoms with E-state index in [4.69, 9.17) is 9.84 Å². The van der Waals surface area contributed by atoms with Gasteiger partial charge in [-0.15, -0.1) is 0 Å². The van der Waals surface area contributed by atoms with Gasteiger partial charge in [-0.2, -0.15) is 0 Å². The summed E-state index contributed by atoms with van der Waals surface area (Å²) in [6.45, 7) is 2.76. The lowest BCUT2D eigenvalue weighted by atomic mass is 10.1. The number of ether oxygens (including phenoxy) is 1. The Bertz CT molecular complexity index is 423. The number of anilines is 1. The zero-order valence-corrected chi connectivity index (χ0v) is 11.3. The molecule has 0 spiro atoms. The average Bonchev–Trinajstić information content (AvgIpc) is 2.42. The molecular weight excluding hydrogens is 248 g/mol. The molecule has 6 nitrogen and oxygen atoms in total. The Kier molecular flexibility index (Phi) is 6.08. The molecular formula is C13H20N2O4. The number of hydrogen-bond donors (Lipinski definition) is 2. The van der Waals surface area contributed by atoms with Gasteiger partial charge in [0.05, 0.1) is 12.0 Å². The third-order valence-corrected chi connectivity index (χ3v) is 2.90. The number of nitrogens with zero attached hydrogens (tertiary/aromatic N) is 1. The van der Waals surface area contributed by atoms with Crippen LogP contribution in [0, 0.1) is 16.0 Å². The van der Waals surface area contributed by atoms with Gasteiger partial charge in [0, 0.05) is 25.3 Å². The quantitative estimate of drug-likeness (QED) is 0.429. The minimum atomic E-state index is -0.419. The Hall–Kier alpha value is -1.82. The predicted octanol–water partition coefficient (Wildman–Crippen LogP) is 2.42. The summed E-state index contributed by atoms with van der Waals surface area (Å²) < 4.78 is 5.06. The van der Waals surface area contributed by atoms with Gasteiger partial charge >= 0.3 is 0 Å². The third-order valence-electron chi connectivity index (χ3n) is 2.90. The van der Waals surface area contributed by atoms with Crippen LogP contribution in [0.25, 0.3) is 0 Å². The number of aliphatic hydroxyl groups excluding tert-OH is 1. The Labute approximate surface area is 112 Å². The fourth-order valence-electron chi connectivity index (χ4n) is 1.71. The largest absolute Gasteiger partial charge is 0.497 e. The van der Waals surface area contributed by atoms with Crippen molar-refractivity contribution in [2.75, 3.05) is 25.6 Å². The molecule has 1 aromatic rings. The second-order valence-corrected chi connectivity index (χ2v) is 4.50. The third kappa shape index (κ3) is 4.75. The van der Waals surface area contributed by atoms with Crippen LogP contribution in [-0.4, -0.2) is 30.3 Å². The molecule has 0 aliphatic carbocycles. The summed E-state index contributed by atoms with van der Waals surface area (Å²) >= 11 is 0. The van der Waals surface area contributed by atoms with Crippen LogP contribution in [0.15, 0.2) is 18.2 Å². The van der Waals surface area contributed by atoms with Crippen molar-refractivity contribution >= 4 is 11.4 Å². The Morgan fingerprint density at radius 2 is 2.26 bits per heavy atom. The zero-order valence-electron chi connectivity index (χ0n) is 11.3. The molecule has 2 N–H and O–H groups in total. The van der Waals surface area contributed by atoms with Gasteiger partial charge in [-0.25, -0.2) is 0 Å². The number of rotatable bonds is 8. The maximum Gasteiger partial charge on any atom is 0.292 e. The molecule has 19 heavy (non-hydrogen) atoms. The van der Waals surface area contributed by atoms with Crippen molar-refractivity contribution in [2.24, 2.45) is 5.92 Å². The van der Waals surface area contributed by atoms with Gasteiger partial charge in [0.25, 0.3) is 5.69 Å². The topological polar surface area (TPSA) is 84.6 Å². The summed E-state index contributed by atoms with van der Waals surface area (Å²) in [6, 6.07) is 4.61. The number of nitro groups is 1. The number of aliphatic hydroxyl groups is 1. The first kappa shape index (κ1) is 15.2. The fraction of sp³-hybridized carbons (Fsp3) is 0.538. The van der Waals surface area contributed by atoms with E-state index < -0.39 is 4.92 Å². The molecule has 0 saturated carbocycles. The van der Waals surface area contributed by atoms with Crippen molar-refractivity contribution in [1.82, 2.24) is 0 Å². The molecule has 1 unspecified atom stereocenters. The van der Waals surface area contributed by atoms with Gasteiger partial charge in [-0.05, 0) is 24.8 Å². The van der Waals surface area contributed by atoms with E-state index in [1.165, 1.54) is 13.2 Å². The summed E-state index contributed by atoms with van der Waals surface area (Å²) in [5, 5.41) is 22.9. The maximum atomic E-state index is 10.9. The van der Waals surface area contributed by atoms with Crippen molar-refractivity contribution in [2.45, 2.75) is 19.8 Å². The van der Waals surface area contributed by atoms with Gasteiger partial charge in [0.2, 0.25) is 0 Å². The van der Waals surface area contributed by atoms with Crippen LogP contribution in [0.3, 0.4) is 0 Å². The van der Waals surface area contributed by atoms with E-state index in [1.807, 2.05) is 6.92 Å². The lowest BCUT2D eigenvalue weighted by Gasteiger charge is -2.10. The molecule has 1 aromatic carbocycles. The Morgan fingerprint density at radius 1 is 1.53 bits per heavy atom. The van der Waals surface area contributed by atoms with E-state index in [0.717, 1.165) is 12.8 Å². The predicted molar refractivity (Wildman–Crippen MR) is 73.6 cm³/mol. The van der Waals surface area contributed by atoms with Crippen molar-refractivity contribution in [3.63, 3.8) is 0 Å². The normalized spacial score (nSPS) is 11.9. The number of methoxy groups -OCH3 is 1. The van der Waals surface area contributed by atoms with Crippen LogP contribution in [0.2, 0.25) is 0 Å². The smallest absolute Gasteiger partial charge is 0.292 e. The molecule has 6 heteroatoms. The van der Waals surface area contributed by atoms with Crippen molar-refractivity contribution in [3.05, 3.63) is 28.3 Å². The van der Waals surface area contributed by atoms with Crippen LogP contribution in [0.1, 0.15) is 19.8 Å². The SMILES string of the molecule is COc1ccc([N+](=O)[O-])c(NCCCC(C)CO)c1. The summed E-state index contributed by atoms with van der Waals surface area (Å²) in [5.41, 5.74) is 0.497. The molecule has 0 heterocycles. The van der Waals surface area contributed by atoms with E-state index in [1.54, 1.807) is 12.1 Å². The van der Waals surface area contributed by atoms with Crippen molar-refractivity contribution < 1.29 is 14.8 Å². The van der Waals surface area contributed by atoms with Gasteiger partial charge in [-0.3, -0.25) is 10.1 Å². The number of benzene rings is 1. The molecule has 0 bridgehead atoms. The first-order valence-corrected chi connectivity index (χ1v) is 6.25. The molecule has 0 fully saturated rings. The van der Waals surface area contributed by atoms with Crippen molar-refractivity contribution in [3.8, 4) is 5.75 Å². The highest BCUT2D eigenvalue weighted by atomic mass is 16.6. The summed E-state index contributed by atoms with van der Waals surface area (Å²) in [5.74, 6) is 0.832. The summed E-state index contributed by atoms with van der Waals surface area (Å²) in [6.07, 6.45) is 1.72. The molecule has 0 amide bonds. The summed E-state index contributed by atoms with van der Waals surface area (Å²) in [4.78, 5) is 10.5. The first-order valence-electron chi connectivity index (χ1n) is 6.25. The molecule has 0 aliphatic heterocycles. The van der Waals surface area contributed by atoms with Crippen LogP contribution < -0.4 is 10.1 Å². The maximum absolute atomic E-state index is 10.9. The highest BCUT2D eigenvalue weighted by Gasteiger charge is 2.14. The van der Waals surface area contributed by atoms with E-state index >= 15 is 0 Å². The van der Waals surface area contributed by atoms with Gasteiger partial charge in [0.1, 0.15) is 11.4 Å². The standard InChI is InChI=1S/C13H20N2O4/c1-10(9-16)4-3-7-14-12-8-11(19-2)5-6-13(12)15(17)18/h5-6,8,10,14,16H,3-4,7,9H2,1-2H3. The monoisotopic (exact) mass is 268 g/mol. The van der Waals surface area contributed by atoms with Gasteiger partial charge < -0.3 is 15.2 Å². The molecule has 0 saturated heterocycles. The number of nitrogens with one attached hydrogen (secondary N) is 1. The van der Waals surface area contributed by atoms with Crippen LogP contribution in [0.5, 0.6) is 5.75 Å². The van der Waals surface area contributed by atoms with E-state index in [9.17, 15) is 10.1 Å². The second kappa shape index (κ2) is 7.58. The summed E-state index contributed by atoms with van der Waals surface area (Å²) in [7, 11) is 1.52. The highest BCUT2D eigenvalue weighted by Crippen LogP contribution is 2.28. The molecule has 0 aromatic heterocycles. The lowest BCUT2D eigenvalue weighted by Crippen LogP contribution is -2.08. The number of nitro benzene ring substituents is 1.